The van der Waals surface area contributed by atoms with Crippen LogP contribution in [0.15, 0.2) is 46.0 Å². The Balaban J connectivity index is 2.20. The van der Waals surface area contributed by atoms with Gasteiger partial charge in [0.15, 0.2) is 0 Å². The first-order valence-electron chi connectivity index (χ1n) is 6.69. The first-order chi connectivity index (χ1) is 10.0. The average Bonchev–Trinajstić information content (AvgIpc) is 2.51. The first kappa shape index (κ1) is 15.2. The molecule has 0 saturated heterocycles. The van der Waals surface area contributed by atoms with Crippen molar-refractivity contribution in [1.82, 2.24) is 14.5 Å². The normalized spacial score (nSPS) is 12.3. The largest absolute Gasteiger partial charge is 0.394 e. The lowest BCUT2D eigenvalue weighted by atomic mass is 10.1. The van der Waals surface area contributed by atoms with Crippen LogP contribution in [0.5, 0.6) is 0 Å². The molecule has 6 heteroatoms. The highest BCUT2D eigenvalue weighted by Crippen LogP contribution is 2.12. The van der Waals surface area contributed by atoms with Crippen LogP contribution in [0.25, 0.3) is 0 Å². The van der Waals surface area contributed by atoms with Crippen LogP contribution in [0.4, 0.5) is 0 Å². The van der Waals surface area contributed by atoms with Crippen molar-refractivity contribution in [2.24, 2.45) is 14.1 Å². The van der Waals surface area contributed by atoms with Crippen molar-refractivity contribution in [1.29, 1.82) is 0 Å². The highest BCUT2D eigenvalue weighted by atomic mass is 16.3. The molecule has 0 aliphatic heterocycles. The van der Waals surface area contributed by atoms with Gasteiger partial charge >= 0.3 is 5.69 Å². The predicted octanol–water partition coefficient (Wildman–Crippen LogP) is -0.0928. The standard InChI is InChI=1S/C15H19N3O3/c1-17-12(8-14(20)18(2)15(17)21)9-16-13(10-19)11-6-4-3-5-7-11/h3-8,13,16,19H,9-10H2,1-2H3. The number of aromatic nitrogens is 2. The Hall–Kier alpha value is -2.18. The molecule has 21 heavy (non-hydrogen) atoms. The van der Waals surface area contributed by atoms with E-state index in [9.17, 15) is 14.7 Å². The molecule has 0 aliphatic carbocycles. The van der Waals surface area contributed by atoms with E-state index in [4.69, 9.17) is 0 Å². The van der Waals surface area contributed by atoms with Gasteiger partial charge in [-0.3, -0.25) is 13.9 Å². The molecule has 2 rings (SSSR count). The van der Waals surface area contributed by atoms with Crippen LogP contribution in [0.1, 0.15) is 17.3 Å². The minimum absolute atomic E-state index is 0.0667. The lowest BCUT2D eigenvalue weighted by Crippen LogP contribution is -2.39. The highest BCUT2D eigenvalue weighted by molar-refractivity contribution is 5.19. The third-order valence-corrected chi connectivity index (χ3v) is 3.54. The molecular weight excluding hydrogens is 270 g/mol. The van der Waals surface area contributed by atoms with Gasteiger partial charge in [-0.25, -0.2) is 4.79 Å². The second-order valence-electron chi connectivity index (χ2n) is 4.90. The molecule has 0 spiro atoms. The molecular formula is C15H19N3O3. The van der Waals surface area contributed by atoms with Gasteiger partial charge in [-0.05, 0) is 5.56 Å². The van der Waals surface area contributed by atoms with E-state index in [2.05, 4.69) is 5.32 Å². The number of rotatable bonds is 5. The fraction of sp³-hybridized carbons (Fsp3) is 0.333. The smallest absolute Gasteiger partial charge is 0.330 e. The second-order valence-corrected chi connectivity index (χ2v) is 4.90. The average molecular weight is 289 g/mol. The molecule has 1 atom stereocenters. The van der Waals surface area contributed by atoms with Crippen molar-refractivity contribution in [2.45, 2.75) is 12.6 Å². The van der Waals surface area contributed by atoms with Gasteiger partial charge in [-0.15, -0.1) is 0 Å². The lowest BCUT2D eigenvalue weighted by Gasteiger charge is -2.18. The molecule has 1 aromatic carbocycles. The summed E-state index contributed by atoms with van der Waals surface area (Å²) in [4.78, 5) is 23.5. The van der Waals surface area contributed by atoms with Crippen molar-refractivity contribution in [2.75, 3.05) is 6.61 Å². The number of aliphatic hydroxyl groups excluding tert-OH is 1. The van der Waals surface area contributed by atoms with Crippen LogP contribution in [0.2, 0.25) is 0 Å². The quantitative estimate of drug-likeness (QED) is 0.806. The second kappa shape index (κ2) is 6.51. The van der Waals surface area contributed by atoms with Crippen molar-refractivity contribution in [3.8, 4) is 0 Å². The molecule has 1 aromatic heterocycles. The molecule has 112 valence electrons. The number of hydrogen-bond donors (Lipinski definition) is 2. The Bertz CT molecular complexity index is 719. The minimum atomic E-state index is -0.362. The monoisotopic (exact) mass is 289 g/mol. The van der Waals surface area contributed by atoms with Crippen molar-refractivity contribution >= 4 is 0 Å². The topological polar surface area (TPSA) is 76.3 Å². The van der Waals surface area contributed by atoms with Crippen LogP contribution in [-0.4, -0.2) is 20.8 Å². The third kappa shape index (κ3) is 3.29. The Labute approximate surface area is 122 Å². The van der Waals surface area contributed by atoms with Gasteiger partial charge in [0.05, 0.1) is 12.6 Å². The van der Waals surface area contributed by atoms with Crippen molar-refractivity contribution in [3.05, 3.63) is 68.5 Å². The maximum absolute atomic E-state index is 11.8. The molecule has 0 fully saturated rings. The molecule has 6 nitrogen and oxygen atoms in total. The van der Waals surface area contributed by atoms with Crippen LogP contribution in [0, 0.1) is 0 Å². The Morgan fingerprint density at radius 3 is 2.43 bits per heavy atom. The van der Waals surface area contributed by atoms with Crippen LogP contribution in [-0.2, 0) is 20.6 Å². The minimum Gasteiger partial charge on any atom is -0.394 e. The SMILES string of the molecule is Cn1c(CNC(CO)c2ccccc2)cc(=O)n(C)c1=O. The summed E-state index contributed by atoms with van der Waals surface area (Å²) < 4.78 is 2.48. The molecule has 2 N–H and O–H groups in total. The van der Waals surface area contributed by atoms with Crippen LogP contribution in [0.3, 0.4) is 0 Å². The summed E-state index contributed by atoms with van der Waals surface area (Å²) in [6.07, 6.45) is 0. The maximum atomic E-state index is 11.8. The van der Waals surface area contributed by atoms with E-state index < -0.39 is 0 Å². The summed E-state index contributed by atoms with van der Waals surface area (Å²) in [5.74, 6) is 0. The van der Waals surface area contributed by atoms with E-state index in [1.54, 1.807) is 7.05 Å². The van der Waals surface area contributed by atoms with E-state index in [0.29, 0.717) is 12.2 Å². The van der Waals surface area contributed by atoms with Crippen molar-refractivity contribution in [3.63, 3.8) is 0 Å². The molecule has 2 aromatic rings. The van der Waals surface area contributed by atoms with Gasteiger partial charge in [-0.1, -0.05) is 30.3 Å². The van der Waals surface area contributed by atoms with Crippen LogP contribution >= 0.6 is 0 Å². The lowest BCUT2D eigenvalue weighted by molar-refractivity contribution is 0.243. The van der Waals surface area contributed by atoms with Gasteiger partial charge in [0, 0.05) is 32.4 Å². The van der Waals surface area contributed by atoms with Gasteiger partial charge < -0.3 is 10.4 Å². The van der Waals surface area contributed by atoms with E-state index in [1.807, 2.05) is 30.3 Å². The van der Waals surface area contributed by atoms with E-state index in [-0.39, 0.29) is 23.9 Å². The zero-order chi connectivity index (χ0) is 15.4. The molecule has 1 unspecified atom stereocenters. The van der Waals surface area contributed by atoms with E-state index in [0.717, 1.165) is 10.1 Å². The summed E-state index contributed by atoms with van der Waals surface area (Å²) in [5.41, 5.74) is 0.834. The Morgan fingerprint density at radius 2 is 1.81 bits per heavy atom. The molecule has 0 amide bonds. The summed E-state index contributed by atoms with van der Waals surface area (Å²) in [7, 11) is 3.07. The number of nitrogens with zero attached hydrogens (tertiary/aromatic N) is 2. The highest BCUT2D eigenvalue weighted by Gasteiger charge is 2.11. The Kier molecular flexibility index (Phi) is 4.72. The number of nitrogens with one attached hydrogen (secondary N) is 1. The van der Waals surface area contributed by atoms with E-state index >= 15 is 0 Å². The van der Waals surface area contributed by atoms with Crippen molar-refractivity contribution < 1.29 is 5.11 Å². The molecule has 0 bridgehead atoms. The predicted molar refractivity (Wildman–Crippen MR) is 80.0 cm³/mol. The third-order valence-electron chi connectivity index (χ3n) is 3.54. The molecule has 0 aliphatic rings. The van der Waals surface area contributed by atoms with Gasteiger partial charge in [-0.2, -0.15) is 0 Å². The zero-order valence-corrected chi connectivity index (χ0v) is 12.1. The van der Waals surface area contributed by atoms with Crippen LogP contribution < -0.4 is 16.6 Å². The number of hydrogen-bond acceptors (Lipinski definition) is 4. The van der Waals surface area contributed by atoms with Gasteiger partial charge in [0.1, 0.15) is 0 Å². The molecule has 1 heterocycles. The summed E-state index contributed by atoms with van der Waals surface area (Å²) in [5, 5.41) is 12.6. The molecule has 0 saturated carbocycles. The number of benzene rings is 1. The first-order valence-corrected chi connectivity index (χ1v) is 6.69. The maximum Gasteiger partial charge on any atom is 0.330 e. The summed E-state index contributed by atoms with van der Waals surface area (Å²) >= 11 is 0. The molecule has 0 radical (unpaired) electrons. The zero-order valence-electron chi connectivity index (χ0n) is 12.1. The van der Waals surface area contributed by atoms with Gasteiger partial charge in [0.2, 0.25) is 0 Å². The van der Waals surface area contributed by atoms with Gasteiger partial charge in [0.25, 0.3) is 5.56 Å². The summed E-state index contributed by atoms with van der Waals surface area (Å²) in [6, 6.07) is 10.7. The van der Waals surface area contributed by atoms with E-state index in [1.165, 1.54) is 17.7 Å². The summed E-state index contributed by atoms with van der Waals surface area (Å²) in [6.45, 7) is 0.255. The fourth-order valence-electron chi connectivity index (χ4n) is 2.15. The number of aliphatic hydroxyl groups is 1. The fourth-order valence-corrected chi connectivity index (χ4v) is 2.15. The Morgan fingerprint density at radius 1 is 1.14 bits per heavy atom.